The standard InChI is InChI=1S/C29H31N3O7/c1-7-32-21-11-9-8-10-19(21)20-14-18(12-13-22(20)32)31-26(33)17(4)39-29(36)25-23(27(34)37-5)15(2)30-16(3)24(25)28(35)38-6/h8-14,17,25,30H,7H2,1-6H3,(H,31,33). The van der Waals surface area contributed by atoms with Gasteiger partial charge in [-0.15, -0.1) is 0 Å². The van der Waals surface area contributed by atoms with E-state index in [9.17, 15) is 19.2 Å². The Morgan fingerprint density at radius 3 is 2.10 bits per heavy atom. The number of carbonyl (C=O) groups is 4. The largest absolute Gasteiger partial charge is 0.466 e. The molecule has 2 aromatic carbocycles. The second-order valence-electron chi connectivity index (χ2n) is 9.18. The van der Waals surface area contributed by atoms with Gasteiger partial charge in [0.1, 0.15) is 5.92 Å². The van der Waals surface area contributed by atoms with Gasteiger partial charge in [0.15, 0.2) is 6.10 Å². The van der Waals surface area contributed by atoms with Gasteiger partial charge in [-0.1, -0.05) is 18.2 Å². The molecule has 0 fully saturated rings. The van der Waals surface area contributed by atoms with Crippen LogP contribution in [0, 0.1) is 5.92 Å². The highest BCUT2D eigenvalue weighted by Crippen LogP contribution is 2.33. The SMILES string of the molecule is CCn1c2ccccc2c2cc(NC(=O)C(C)OC(=O)C3C(C(=O)OC)=C(C)NC(C)=C3C(=O)OC)ccc21. The van der Waals surface area contributed by atoms with Crippen LogP contribution in [-0.4, -0.2) is 48.7 Å². The number of nitrogens with zero attached hydrogens (tertiary/aromatic N) is 1. The van der Waals surface area contributed by atoms with Gasteiger partial charge in [0.2, 0.25) is 0 Å². The summed E-state index contributed by atoms with van der Waals surface area (Å²) in [5, 5.41) is 7.75. The molecule has 39 heavy (non-hydrogen) atoms. The van der Waals surface area contributed by atoms with Crippen molar-refractivity contribution in [3.8, 4) is 0 Å². The van der Waals surface area contributed by atoms with E-state index in [1.54, 1.807) is 19.9 Å². The highest BCUT2D eigenvalue weighted by molar-refractivity contribution is 6.10. The smallest absolute Gasteiger partial charge is 0.336 e. The fourth-order valence-corrected chi connectivity index (χ4v) is 5.00. The second-order valence-corrected chi connectivity index (χ2v) is 9.18. The van der Waals surface area contributed by atoms with Crippen molar-refractivity contribution in [3.05, 3.63) is 65.0 Å². The molecule has 2 heterocycles. The van der Waals surface area contributed by atoms with Gasteiger partial charge in [0.25, 0.3) is 5.91 Å². The summed E-state index contributed by atoms with van der Waals surface area (Å²) >= 11 is 0. The summed E-state index contributed by atoms with van der Waals surface area (Å²) in [7, 11) is 2.33. The molecule has 1 aromatic heterocycles. The molecular weight excluding hydrogens is 502 g/mol. The van der Waals surface area contributed by atoms with Crippen molar-refractivity contribution >= 4 is 51.3 Å². The van der Waals surface area contributed by atoms with Crippen molar-refractivity contribution in [2.24, 2.45) is 5.92 Å². The number of fused-ring (bicyclic) bond motifs is 3. The number of methoxy groups -OCH3 is 2. The summed E-state index contributed by atoms with van der Waals surface area (Å²) in [5.74, 6) is -4.59. The van der Waals surface area contributed by atoms with Gasteiger partial charge < -0.3 is 29.4 Å². The fraction of sp³-hybridized carbons (Fsp3) is 0.310. The van der Waals surface area contributed by atoms with Crippen LogP contribution < -0.4 is 10.6 Å². The Labute approximate surface area is 225 Å². The van der Waals surface area contributed by atoms with Crippen LogP contribution >= 0.6 is 0 Å². The van der Waals surface area contributed by atoms with Crippen molar-refractivity contribution < 1.29 is 33.4 Å². The van der Waals surface area contributed by atoms with Gasteiger partial charge >= 0.3 is 17.9 Å². The summed E-state index contributed by atoms with van der Waals surface area (Å²) in [5.41, 5.74) is 3.12. The first-order valence-electron chi connectivity index (χ1n) is 12.5. The van der Waals surface area contributed by atoms with Gasteiger partial charge in [0.05, 0.1) is 25.4 Å². The van der Waals surface area contributed by atoms with Gasteiger partial charge in [-0.25, -0.2) is 9.59 Å². The Balaban J connectivity index is 1.59. The van der Waals surface area contributed by atoms with Crippen molar-refractivity contribution in [1.29, 1.82) is 0 Å². The number of dihydropyridines is 1. The average molecular weight is 534 g/mol. The number of carbonyl (C=O) groups excluding carboxylic acids is 4. The molecule has 1 aliphatic heterocycles. The highest BCUT2D eigenvalue weighted by Gasteiger charge is 2.43. The van der Waals surface area contributed by atoms with Crippen molar-refractivity contribution in [1.82, 2.24) is 9.88 Å². The minimum Gasteiger partial charge on any atom is -0.466 e. The quantitative estimate of drug-likeness (QED) is 0.347. The lowest BCUT2D eigenvalue weighted by Crippen LogP contribution is -2.40. The van der Waals surface area contributed by atoms with E-state index in [0.29, 0.717) is 17.1 Å². The van der Waals surface area contributed by atoms with Crippen LogP contribution in [0.5, 0.6) is 0 Å². The van der Waals surface area contributed by atoms with Gasteiger partial charge in [-0.2, -0.15) is 0 Å². The zero-order valence-electron chi connectivity index (χ0n) is 22.7. The molecular formula is C29H31N3O7. The average Bonchev–Trinajstić information content (AvgIpc) is 3.24. The van der Waals surface area contributed by atoms with Crippen LogP contribution in [-0.2, 0) is 39.9 Å². The zero-order chi connectivity index (χ0) is 28.4. The van der Waals surface area contributed by atoms with E-state index >= 15 is 0 Å². The first-order valence-corrected chi connectivity index (χ1v) is 12.5. The second kappa shape index (κ2) is 11.0. The van der Waals surface area contributed by atoms with Crippen LogP contribution in [0.4, 0.5) is 5.69 Å². The lowest BCUT2D eigenvalue weighted by Gasteiger charge is -2.29. The molecule has 0 bridgehead atoms. The van der Waals surface area contributed by atoms with Crippen LogP contribution in [0.1, 0.15) is 27.7 Å². The minimum absolute atomic E-state index is 0.0983. The third kappa shape index (κ3) is 4.97. The topological polar surface area (TPSA) is 125 Å². The number of allylic oxidation sites excluding steroid dienone is 2. The lowest BCUT2D eigenvalue weighted by molar-refractivity contribution is -0.157. The Morgan fingerprint density at radius 2 is 1.51 bits per heavy atom. The third-order valence-corrected chi connectivity index (χ3v) is 6.82. The molecule has 0 saturated heterocycles. The number of hydrogen-bond acceptors (Lipinski definition) is 8. The van der Waals surface area contributed by atoms with Crippen molar-refractivity contribution in [2.75, 3.05) is 19.5 Å². The Bertz CT molecular complexity index is 1530. The first-order chi connectivity index (χ1) is 18.6. The first kappa shape index (κ1) is 27.4. The number of anilines is 1. The summed E-state index contributed by atoms with van der Waals surface area (Å²) in [4.78, 5) is 51.5. The number of nitrogens with one attached hydrogen (secondary N) is 2. The third-order valence-electron chi connectivity index (χ3n) is 6.82. The lowest BCUT2D eigenvalue weighted by atomic mass is 9.85. The molecule has 204 valence electrons. The van der Waals surface area contributed by atoms with E-state index in [2.05, 4.69) is 28.2 Å². The summed E-state index contributed by atoms with van der Waals surface area (Å²) in [6.45, 7) is 7.43. The van der Waals surface area contributed by atoms with Crippen molar-refractivity contribution in [2.45, 2.75) is 40.3 Å². The number of amides is 1. The number of esters is 3. The maximum Gasteiger partial charge on any atom is 0.336 e. The number of benzene rings is 2. The summed E-state index contributed by atoms with van der Waals surface area (Å²) in [6, 6.07) is 13.6. The molecule has 1 unspecified atom stereocenters. The highest BCUT2D eigenvalue weighted by atomic mass is 16.6. The van der Waals surface area contributed by atoms with Gasteiger partial charge in [-0.05, 0) is 52.0 Å². The van der Waals surface area contributed by atoms with E-state index in [-0.39, 0.29) is 11.1 Å². The normalized spacial score (nSPS) is 14.7. The number of rotatable bonds is 7. The summed E-state index contributed by atoms with van der Waals surface area (Å²) < 4.78 is 17.4. The number of aryl methyl sites for hydroxylation is 1. The maximum absolute atomic E-state index is 13.4. The molecule has 10 heteroatoms. The van der Waals surface area contributed by atoms with Crippen molar-refractivity contribution in [3.63, 3.8) is 0 Å². The predicted molar refractivity (Wildman–Crippen MR) is 145 cm³/mol. The van der Waals surface area contributed by atoms with E-state index in [4.69, 9.17) is 14.2 Å². The molecule has 1 amide bonds. The molecule has 0 spiro atoms. The molecule has 10 nitrogen and oxygen atoms in total. The van der Waals surface area contributed by atoms with E-state index in [1.165, 1.54) is 21.1 Å². The number of ether oxygens (including phenoxy) is 3. The predicted octanol–water partition coefficient (Wildman–Crippen LogP) is 3.80. The Hall–Kier alpha value is -4.60. The Kier molecular flexibility index (Phi) is 7.75. The van der Waals surface area contributed by atoms with Crippen LogP contribution in [0.2, 0.25) is 0 Å². The molecule has 1 atom stereocenters. The molecule has 0 radical (unpaired) electrons. The number of hydrogen-bond donors (Lipinski definition) is 2. The molecule has 4 rings (SSSR count). The molecule has 3 aromatic rings. The maximum atomic E-state index is 13.4. The van der Waals surface area contributed by atoms with Gasteiger partial charge in [0, 0.05) is 45.4 Å². The van der Waals surface area contributed by atoms with E-state index in [1.807, 2.05) is 30.3 Å². The van der Waals surface area contributed by atoms with Crippen LogP contribution in [0.15, 0.2) is 65.0 Å². The molecule has 0 saturated carbocycles. The molecule has 0 aliphatic carbocycles. The van der Waals surface area contributed by atoms with E-state index in [0.717, 1.165) is 28.4 Å². The van der Waals surface area contributed by atoms with Crippen LogP contribution in [0.3, 0.4) is 0 Å². The monoisotopic (exact) mass is 533 g/mol. The van der Waals surface area contributed by atoms with Crippen LogP contribution in [0.25, 0.3) is 21.8 Å². The fourth-order valence-electron chi connectivity index (χ4n) is 5.00. The number of para-hydroxylation sites is 1. The number of aromatic nitrogens is 1. The Morgan fingerprint density at radius 1 is 0.923 bits per heavy atom. The summed E-state index contributed by atoms with van der Waals surface area (Å²) in [6.07, 6.45) is -1.24. The zero-order valence-corrected chi connectivity index (χ0v) is 22.7. The van der Waals surface area contributed by atoms with Gasteiger partial charge in [-0.3, -0.25) is 9.59 Å². The molecule has 2 N–H and O–H groups in total. The van der Waals surface area contributed by atoms with E-state index < -0.39 is 35.8 Å². The molecule has 1 aliphatic rings. The minimum atomic E-state index is -1.43.